The fourth-order valence-electron chi connectivity index (χ4n) is 1.21. The third-order valence-electron chi connectivity index (χ3n) is 2.05. The number of hydrogen-bond donors (Lipinski definition) is 1. The van der Waals surface area contributed by atoms with Crippen molar-refractivity contribution in [1.29, 1.82) is 0 Å². The van der Waals surface area contributed by atoms with Gasteiger partial charge in [-0.3, -0.25) is 4.79 Å². The summed E-state index contributed by atoms with van der Waals surface area (Å²) in [6, 6.07) is 9.59. The average Bonchev–Trinajstić information content (AvgIpc) is 2.39. The maximum Gasteiger partial charge on any atom is 0.174 e. The van der Waals surface area contributed by atoms with Crippen LogP contribution < -0.4 is 0 Å². The van der Waals surface area contributed by atoms with Crippen LogP contribution in [0.25, 0.3) is 0 Å². The lowest BCUT2D eigenvalue weighted by Gasteiger charge is -1.97. The highest BCUT2D eigenvalue weighted by molar-refractivity contribution is 5.77. The number of aldehydes is 1. The Balaban J connectivity index is 2.29. The molecule has 1 N–H and O–H groups in total. The van der Waals surface area contributed by atoms with E-state index in [2.05, 4.69) is 15.2 Å². The molecule has 1 aromatic heterocycles. The summed E-state index contributed by atoms with van der Waals surface area (Å²) in [5, 5.41) is 17.2. The van der Waals surface area contributed by atoms with Gasteiger partial charge in [-0.05, 0) is 30.3 Å². The summed E-state index contributed by atoms with van der Waals surface area (Å²) < 4.78 is 0. The second-order valence-corrected chi connectivity index (χ2v) is 3.25. The molecule has 0 aliphatic rings. The highest BCUT2D eigenvalue weighted by atomic mass is 16.3. The second-order valence-electron chi connectivity index (χ2n) is 3.25. The van der Waals surface area contributed by atoms with E-state index in [0.29, 0.717) is 17.7 Å². The lowest BCUT2D eigenvalue weighted by atomic mass is 10.2. The molecular formula is C12H9N3O2. The van der Waals surface area contributed by atoms with Gasteiger partial charge in [0.15, 0.2) is 5.82 Å². The van der Waals surface area contributed by atoms with Crippen LogP contribution in [0.4, 0.5) is 11.5 Å². The zero-order valence-electron chi connectivity index (χ0n) is 8.82. The zero-order valence-corrected chi connectivity index (χ0v) is 8.82. The zero-order chi connectivity index (χ0) is 12.1. The van der Waals surface area contributed by atoms with E-state index in [4.69, 9.17) is 0 Å². The third-order valence-corrected chi connectivity index (χ3v) is 2.05. The predicted octanol–water partition coefficient (Wildman–Crippen LogP) is 3.02. The minimum atomic E-state index is -0.0321. The summed E-state index contributed by atoms with van der Waals surface area (Å²) in [6.07, 6.45) is 2.27. The van der Waals surface area contributed by atoms with E-state index in [-0.39, 0.29) is 11.4 Å². The molecule has 0 unspecified atom stereocenters. The Morgan fingerprint density at radius 1 is 1.18 bits per heavy atom. The fourth-order valence-corrected chi connectivity index (χ4v) is 1.21. The minimum Gasteiger partial charge on any atom is -0.506 e. The van der Waals surface area contributed by atoms with Crippen molar-refractivity contribution >= 4 is 17.8 Å². The normalized spacial score (nSPS) is 10.6. The number of carbonyl (C=O) groups is 1. The number of aromatic hydroxyl groups is 1. The number of phenols is 1. The number of aromatic nitrogens is 1. The van der Waals surface area contributed by atoms with Gasteiger partial charge in [-0.2, -0.15) is 0 Å². The molecule has 5 heteroatoms. The van der Waals surface area contributed by atoms with Gasteiger partial charge in [0.2, 0.25) is 0 Å². The van der Waals surface area contributed by atoms with Crippen molar-refractivity contribution < 1.29 is 9.90 Å². The molecule has 0 aliphatic heterocycles. The van der Waals surface area contributed by atoms with Crippen LogP contribution in [0.15, 0.2) is 52.8 Å². The van der Waals surface area contributed by atoms with E-state index < -0.39 is 0 Å². The Kier molecular flexibility index (Phi) is 3.20. The van der Waals surface area contributed by atoms with Crippen molar-refractivity contribution in [3.63, 3.8) is 0 Å². The molecule has 0 saturated carbocycles. The van der Waals surface area contributed by atoms with Gasteiger partial charge in [0, 0.05) is 11.8 Å². The molecule has 5 nitrogen and oxygen atoms in total. The van der Waals surface area contributed by atoms with Gasteiger partial charge < -0.3 is 5.11 Å². The molecule has 17 heavy (non-hydrogen) atoms. The Bertz CT molecular complexity index is 553. The van der Waals surface area contributed by atoms with E-state index in [1.807, 2.05) is 0 Å². The van der Waals surface area contributed by atoms with Gasteiger partial charge in [-0.15, -0.1) is 10.2 Å². The molecule has 0 amide bonds. The number of carbonyl (C=O) groups excluding carboxylic acids is 1. The van der Waals surface area contributed by atoms with Crippen LogP contribution in [0.5, 0.6) is 5.75 Å². The molecule has 0 spiro atoms. The Hall–Kier alpha value is -2.56. The van der Waals surface area contributed by atoms with Crippen molar-refractivity contribution in [3.05, 3.63) is 48.2 Å². The molecule has 2 aromatic rings. The van der Waals surface area contributed by atoms with Gasteiger partial charge in [-0.1, -0.05) is 6.07 Å². The quantitative estimate of drug-likeness (QED) is 0.646. The first-order valence-electron chi connectivity index (χ1n) is 4.90. The SMILES string of the molecule is O=Cc1ccc(O)c(N=Nc2ccccn2)c1. The summed E-state index contributed by atoms with van der Waals surface area (Å²) >= 11 is 0. The molecule has 0 radical (unpaired) electrons. The van der Waals surface area contributed by atoms with E-state index in [0.717, 1.165) is 0 Å². The van der Waals surface area contributed by atoms with Gasteiger partial charge in [0.25, 0.3) is 0 Å². The molecule has 0 aliphatic carbocycles. The monoisotopic (exact) mass is 227 g/mol. The van der Waals surface area contributed by atoms with E-state index >= 15 is 0 Å². The van der Waals surface area contributed by atoms with Gasteiger partial charge in [0.05, 0.1) is 0 Å². The molecule has 2 rings (SSSR count). The third kappa shape index (κ3) is 2.72. The summed E-state index contributed by atoms with van der Waals surface area (Å²) in [6.45, 7) is 0. The van der Waals surface area contributed by atoms with Gasteiger partial charge >= 0.3 is 0 Å². The first-order valence-corrected chi connectivity index (χ1v) is 4.90. The molecular weight excluding hydrogens is 218 g/mol. The van der Waals surface area contributed by atoms with E-state index in [9.17, 15) is 9.90 Å². The summed E-state index contributed by atoms with van der Waals surface area (Å²) in [4.78, 5) is 14.5. The van der Waals surface area contributed by atoms with Crippen LogP contribution >= 0.6 is 0 Å². The number of azo groups is 1. The molecule has 0 fully saturated rings. The maximum atomic E-state index is 10.6. The molecule has 84 valence electrons. The summed E-state index contributed by atoms with van der Waals surface area (Å²) in [5.41, 5.74) is 0.665. The number of pyridine rings is 1. The van der Waals surface area contributed by atoms with Gasteiger partial charge in [0.1, 0.15) is 17.7 Å². The largest absolute Gasteiger partial charge is 0.506 e. The summed E-state index contributed by atoms with van der Waals surface area (Å²) in [7, 11) is 0. The van der Waals surface area contributed by atoms with Crippen LogP contribution in [-0.2, 0) is 0 Å². The Labute approximate surface area is 97.5 Å². The van der Waals surface area contributed by atoms with Crippen molar-refractivity contribution in [2.45, 2.75) is 0 Å². The van der Waals surface area contributed by atoms with Crippen LogP contribution in [0.1, 0.15) is 10.4 Å². The van der Waals surface area contributed by atoms with Crippen molar-refractivity contribution in [1.82, 2.24) is 4.98 Å². The van der Waals surface area contributed by atoms with Crippen molar-refractivity contribution in [2.24, 2.45) is 10.2 Å². The Morgan fingerprint density at radius 3 is 2.76 bits per heavy atom. The fraction of sp³-hybridized carbons (Fsp3) is 0. The first-order chi connectivity index (χ1) is 8.29. The molecule has 1 heterocycles. The predicted molar refractivity (Wildman–Crippen MR) is 61.9 cm³/mol. The van der Waals surface area contributed by atoms with Crippen molar-refractivity contribution in [2.75, 3.05) is 0 Å². The van der Waals surface area contributed by atoms with Gasteiger partial charge in [-0.25, -0.2) is 4.98 Å². The van der Waals surface area contributed by atoms with Crippen LogP contribution in [0.2, 0.25) is 0 Å². The number of rotatable bonds is 3. The second kappa shape index (κ2) is 4.98. The Morgan fingerprint density at radius 2 is 2.06 bits per heavy atom. The number of phenolic OH excluding ortho intramolecular Hbond substituents is 1. The van der Waals surface area contributed by atoms with Crippen molar-refractivity contribution in [3.8, 4) is 5.75 Å². The minimum absolute atomic E-state index is 0.0321. The smallest absolute Gasteiger partial charge is 0.174 e. The summed E-state index contributed by atoms with van der Waals surface area (Å²) in [5.74, 6) is 0.402. The standard InChI is InChI=1S/C12H9N3O2/c16-8-9-4-5-11(17)10(7-9)14-15-12-3-1-2-6-13-12/h1-8,17H. The number of benzene rings is 1. The van der Waals surface area contributed by atoms with E-state index in [1.54, 1.807) is 24.4 Å². The van der Waals surface area contributed by atoms with Crippen LogP contribution in [0, 0.1) is 0 Å². The van der Waals surface area contributed by atoms with Crippen LogP contribution in [0.3, 0.4) is 0 Å². The highest BCUT2D eigenvalue weighted by Gasteiger charge is 2.01. The number of nitrogens with zero attached hydrogens (tertiary/aromatic N) is 3. The maximum absolute atomic E-state index is 10.6. The average molecular weight is 227 g/mol. The first kappa shape index (κ1) is 10.9. The van der Waals surface area contributed by atoms with Crippen LogP contribution in [-0.4, -0.2) is 16.4 Å². The molecule has 0 saturated heterocycles. The molecule has 0 bridgehead atoms. The molecule has 1 aromatic carbocycles. The number of hydrogen-bond acceptors (Lipinski definition) is 5. The lowest BCUT2D eigenvalue weighted by Crippen LogP contribution is -1.78. The van der Waals surface area contributed by atoms with E-state index in [1.165, 1.54) is 18.2 Å². The molecule has 0 atom stereocenters. The topological polar surface area (TPSA) is 74.9 Å². The lowest BCUT2D eigenvalue weighted by molar-refractivity contribution is 0.112. The highest BCUT2D eigenvalue weighted by Crippen LogP contribution is 2.28.